The van der Waals surface area contributed by atoms with Crippen molar-refractivity contribution in [3.05, 3.63) is 34.6 Å². The van der Waals surface area contributed by atoms with Gasteiger partial charge in [0.05, 0.1) is 5.56 Å². The molecule has 17 heavy (non-hydrogen) atoms. The maximum absolute atomic E-state index is 13.3. The van der Waals surface area contributed by atoms with Crippen LogP contribution in [0.4, 0.5) is 22.0 Å². The third-order valence-corrected chi connectivity index (χ3v) is 2.11. The molecule has 0 bridgehead atoms. The number of hydrogen-bond acceptors (Lipinski definition) is 1. The number of hydrogen-bond donors (Lipinski definition) is 1. The number of halogens is 5. The van der Waals surface area contributed by atoms with Crippen molar-refractivity contribution >= 4 is 0 Å². The molecule has 0 aliphatic heterocycles. The van der Waals surface area contributed by atoms with Gasteiger partial charge in [0.2, 0.25) is 5.82 Å². The van der Waals surface area contributed by atoms with Crippen LogP contribution in [0.5, 0.6) is 0 Å². The second kappa shape index (κ2) is 5.15. The quantitative estimate of drug-likeness (QED) is 0.376. The highest BCUT2D eigenvalue weighted by molar-refractivity contribution is 5.31. The summed E-state index contributed by atoms with van der Waals surface area (Å²) in [4.78, 5) is 0. The summed E-state index contributed by atoms with van der Waals surface area (Å²) in [5.74, 6) is -8.10. The van der Waals surface area contributed by atoms with Gasteiger partial charge < -0.3 is 5.32 Å². The van der Waals surface area contributed by atoms with Gasteiger partial charge in [-0.2, -0.15) is 0 Å². The Bertz CT molecular complexity index is 449. The van der Waals surface area contributed by atoms with Gasteiger partial charge in [-0.3, -0.25) is 0 Å². The third kappa shape index (κ3) is 2.24. The maximum atomic E-state index is 13.3. The zero-order valence-corrected chi connectivity index (χ0v) is 8.75. The first-order valence-corrected chi connectivity index (χ1v) is 4.66. The first-order valence-electron chi connectivity index (χ1n) is 4.66. The number of benzene rings is 1. The molecule has 1 aromatic carbocycles. The van der Waals surface area contributed by atoms with Crippen molar-refractivity contribution in [1.29, 1.82) is 0 Å². The maximum Gasteiger partial charge on any atom is 0.200 e. The molecular weight excluding hydrogens is 241 g/mol. The fourth-order valence-corrected chi connectivity index (χ4v) is 1.32. The first kappa shape index (κ1) is 13.5. The Morgan fingerprint density at radius 2 is 1.41 bits per heavy atom. The van der Waals surface area contributed by atoms with Crippen LogP contribution in [0.2, 0.25) is 0 Å². The molecular formula is C11H8F5N. The predicted octanol–water partition coefficient (Wildman–Crippen LogP) is 2.67. The summed E-state index contributed by atoms with van der Waals surface area (Å²) in [6.45, 7) is 1.80. The summed E-state index contributed by atoms with van der Waals surface area (Å²) in [5.41, 5.74) is -1.04. The van der Waals surface area contributed by atoms with Crippen molar-refractivity contribution in [2.45, 2.75) is 13.0 Å². The highest BCUT2D eigenvalue weighted by Gasteiger charge is 2.29. The summed E-state index contributed by atoms with van der Waals surface area (Å²) in [5, 5.41) is 2.43. The molecule has 0 aliphatic rings. The van der Waals surface area contributed by atoms with E-state index < -0.39 is 40.7 Å². The summed E-state index contributed by atoms with van der Waals surface area (Å²) in [6.07, 6.45) is 4.98. The van der Waals surface area contributed by atoms with E-state index in [2.05, 4.69) is 5.32 Å². The van der Waals surface area contributed by atoms with Gasteiger partial charge >= 0.3 is 0 Å². The fourth-order valence-electron chi connectivity index (χ4n) is 1.32. The normalized spacial score (nSPS) is 12.3. The van der Waals surface area contributed by atoms with E-state index in [-0.39, 0.29) is 6.54 Å². The predicted molar refractivity (Wildman–Crippen MR) is 51.5 cm³/mol. The van der Waals surface area contributed by atoms with Crippen LogP contribution in [0.1, 0.15) is 18.5 Å². The second-order valence-corrected chi connectivity index (χ2v) is 3.14. The first-order chi connectivity index (χ1) is 7.95. The number of nitrogens with one attached hydrogen (secondary N) is 1. The van der Waals surface area contributed by atoms with Crippen LogP contribution in [0.25, 0.3) is 0 Å². The van der Waals surface area contributed by atoms with Crippen molar-refractivity contribution in [2.75, 3.05) is 6.54 Å². The van der Waals surface area contributed by atoms with Gasteiger partial charge in [0.15, 0.2) is 23.3 Å². The molecule has 6 heteroatoms. The second-order valence-electron chi connectivity index (χ2n) is 3.14. The molecule has 0 saturated carbocycles. The lowest BCUT2D eigenvalue weighted by Gasteiger charge is -2.14. The van der Waals surface area contributed by atoms with Crippen LogP contribution < -0.4 is 5.32 Å². The van der Waals surface area contributed by atoms with Crippen LogP contribution in [-0.2, 0) is 0 Å². The van der Waals surface area contributed by atoms with Crippen LogP contribution in [0, 0.1) is 41.4 Å². The molecule has 0 radical (unpaired) electrons. The lowest BCUT2D eigenvalue weighted by atomic mass is 10.0. The number of terminal acetylenes is 1. The Morgan fingerprint density at radius 3 is 1.76 bits per heavy atom. The molecule has 1 unspecified atom stereocenters. The molecule has 0 aromatic heterocycles. The molecule has 0 spiro atoms. The zero-order valence-electron chi connectivity index (χ0n) is 8.75. The largest absolute Gasteiger partial charge is 0.300 e. The molecule has 1 aromatic rings. The highest BCUT2D eigenvalue weighted by Crippen LogP contribution is 2.27. The molecule has 0 aliphatic carbocycles. The molecule has 1 nitrogen and oxygen atoms in total. The van der Waals surface area contributed by atoms with Gasteiger partial charge in [0.25, 0.3) is 0 Å². The van der Waals surface area contributed by atoms with Crippen LogP contribution in [0.15, 0.2) is 0 Å². The summed E-state index contributed by atoms with van der Waals surface area (Å²) >= 11 is 0. The van der Waals surface area contributed by atoms with Gasteiger partial charge in [-0.25, -0.2) is 22.0 Å². The van der Waals surface area contributed by atoms with Gasteiger partial charge in [0.1, 0.15) is 6.04 Å². The average molecular weight is 249 g/mol. The molecule has 0 fully saturated rings. The van der Waals surface area contributed by atoms with Crippen molar-refractivity contribution in [1.82, 2.24) is 5.32 Å². The smallest absolute Gasteiger partial charge is 0.200 e. The molecule has 1 atom stereocenters. The Morgan fingerprint density at radius 1 is 1.00 bits per heavy atom. The molecule has 0 amide bonds. The van der Waals surface area contributed by atoms with Crippen molar-refractivity contribution < 1.29 is 22.0 Å². The van der Waals surface area contributed by atoms with Gasteiger partial charge in [-0.15, -0.1) is 6.42 Å². The minimum absolute atomic E-state index is 0.217. The zero-order chi connectivity index (χ0) is 13.2. The summed E-state index contributed by atoms with van der Waals surface area (Å²) in [6, 6.07) is -1.37. The van der Waals surface area contributed by atoms with Gasteiger partial charge in [-0.05, 0) is 6.54 Å². The van der Waals surface area contributed by atoms with E-state index in [0.29, 0.717) is 0 Å². The molecule has 0 saturated heterocycles. The van der Waals surface area contributed by atoms with E-state index in [0.717, 1.165) is 0 Å². The lowest BCUT2D eigenvalue weighted by molar-refractivity contribution is 0.364. The van der Waals surface area contributed by atoms with Gasteiger partial charge in [-0.1, -0.05) is 12.8 Å². The standard InChI is InChI=1S/C11H8F5N/c1-3-5(17-4-2)6-7(12)9(14)11(16)10(15)8(6)13/h1,5,17H,4H2,2H3. The average Bonchev–Trinajstić information content (AvgIpc) is 2.33. The van der Waals surface area contributed by atoms with Gasteiger partial charge in [0, 0.05) is 0 Å². The van der Waals surface area contributed by atoms with Crippen molar-refractivity contribution in [2.24, 2.45) is 0 Å². The summed E-state index contributed by atoms with van der Waals surface area (Å²) < 4.78 is 65.1. The van der Waals surface area contributed by atoms with Crippen molar-refractivity contribution in [3.63, 3.8) is 0 Å². The molecule has 92 valence electrons. The van der Waals surface area contributed by atoms with E-state index in [9.17, 15) is 22.0 Å². The Kier molecular flexibility index (Phi) is 4.07. The SMILES string of the molecule is C#CC(NCC)c1c(F)c(F)c(F)c(F)c1F. The van der Waals surface area contributed by atoms with Crippen molar-refractivity contribution in [3.8, 4) is 12.3 Å². The van der Waals surface area contributed by atoms with E-state index in [1.54, 1.807) is 6.92 Å². The lowest BCUT2D eigenvalue weighted by Crippen LogP contribution is -2.23. The fraction of sp³-hybridized carbons (Fsp3) is 0.273. The Hall–Kier alpha value is -1.61. The van der Waals surface area contributed by atoms with E-state index in [4.69, 9.17) is 6.42 Å². The van der Waals surface area contributed by atoms with Crippen LogP contribution in [0.3, 0.4) is 0 Å². The molecule has 1 rings (SSSR count). The monoisotopic (exact) mass is 249 g/mol. The van der Waals surface area contributed by atoms with Crippen LogP contribution in [-0.4, -0.2) is 6.54 Å². The minimum Gasteiger partial charge on any atom is -0.300 e. The highest BCUT2D eigenvalue weighted by atomic mass is 19.2. The number of rotatable bonds is 3. The third-order valence-electron chi connectivity index (χ3n) is 2.11. The summed E-state index contributed by atoms with van der Waals surface area (Å²) in [7, 11) is 0. The van der Waals surface area contributed by atoms with E-state index >= 15 is 0 Å². The minimum atomic E-state index is -2.20. The molecule has 1 N–H and O–H groups in total. The van der Waals surface area contributed by atoms with E-state index in [1.165, 1.54) is 0 Å². The topological polar surface area (TPSA) is 12.0 Å². The molecule has 0 heterocycles. The Labute approximate surface area is 94.6 Å². The van der Waals surface area contributed by atoms with Crippen LogP contribution >= 0.6 is 0 Å². The Balaban J connectivity index is 3.48. The van der Waals surface area contributed by atoms with E-state index in [1.807, 2.05) is 5.92 Å².